The van der Waals surface area contributed by atoms with E-state index in [2.05, 4.69) is 4.72 Å². The molecule has 0 aromatic heterocycles. The first-order valence-corrected chi connectivity index (χ1v) is 9.99. The summed E-state index contributed by atoms with van der Waals surface area (Å²) in [5.41, 5.74) is 0.354. The van der Waals surface area contributed by atoms with Gasteiger partial charge in [0, 0.05) is 23.3 Å². The molecule has 0 saturated heterocycles. The van der Waals surface area contributed by atoms with Gasteiger partial charge in [-0.05, 0) is 42.8 Å². The van der Waals surface area contributed by atoms with E-state index in [0.29, 0.717) is 12.3 Å². The number of benzene rings is 2. The lowest BCUT2D eigenvalue weighted by Crippen LogP contribution is -2.14. The molecule has 2 rings (SSSR count). The molecule has 0 atom stereocenters. The molecule has 0 aliphatic carbocycles. The first-order valence-electron chi connectivity index (χ1n) is 7.52. The molecular weight excluding hydrogens is 365 g/mol. The van der Waals surface area contributed by atoms with Crippen LogP contribution in [0.15, 0.2) is 58.3 Å². The Morgan fingerprint density at radius 2 is 1.84 bits per heavy atom. The van der Waals surface area contributed by atoms with Crippen molar-refractivity contribution >= 4 is 33.4 Å². The van der Waals surface area contributed by atoms with Crippen LogP contribution in [0.25, 0.3) is 0 Å². The summed E-state index contributed by atoms with van der Waals surface area (Å²) in [5.74, 6) is -0.320. The Bertz CT molecular complexity index is 823. The van der Waals surface area contributed by atoms with Crippen molar-refractivity contribution in [3.8, 4) is 0 Å². The summed E-state index contributed by atoms with van der Waals surface area (Å²) in [6, 6.07) is 12.0. The van der Waals surface area contributed by atoms with Crippen LogP contribution in [0, 0.1) is 5.82 Å². The van der Waals surface area contributed by atoms with E-state index < -0.39 is 15.8 Å². The zero-order chi connectivity index (χ0) is 18.3. The van der Waals surface area contributed by atoms with Crippen LogP contribution in [0.5, 0.6) is 0 Å². The van der Waals surface area contributed by atoms with Crippen LogP contribution in [0.4, 0.5) is 10.1 Å². The smallest absolute Gasteiger partial charge is 0.302 e. The lowest BCUT2D eigenvalue weighted by Gasteiger charge is -2.09. The number of sulfonamides is 1. The van der Waals surface area contributed by atoms with E-state index in [-0.39, 0.29) is 10.9 Å². The minimum absolute atomic E-state index is 0.295. The third-order valence-electron chi connectivity index (χ3n) is 3.10. The van der Waals surface area contributed by atoms with Crippen molar-refractivity contribution in [3.63, 3.8) is 0 Å². The molecule has 0 aliphatic rings. The highest BCUT2D eigenvalue weighted by Crippen LogP contribution is 2.23. The number of ether oxygens (including phenoxy) is 1. The van der Waals surface area contributed by atoms with Crippen LogP contribution >= 0.6 is 11.8 Å². The van der Waals surface area contributed by atoms with Crippen LogP contribution in [0.1, 0.15) is 13.3 Å². The van der Waals surface area contributed by atoms with Gasteiger partial charge in [0.15, 0.2) is 0 Å². The van der Waals surface area contributed by atoms with Gasteiger partial charge < -0.3 is 4.74 Å². The number of nitrogens with one attached hydrogen (secondary N) is 1. The number of esters is 1. The van der Waals surface area contributed by atoms with E-state index in [1.54, 1.807) is 36.0 Å². The number of rotatable bonds is 8. The average molecular weight is 383 g/mol. The maximum Gasteiger partial charge on any atom is 0.302 e. The SMILES string of the molecule is CC(=O)OCCCSc1ccc(NS(=O)(=O)c2ccccc2F)cc1. The molecule has 5 nitrogen and oxygen atoms in total. The Labute approximate surface area is 150 Å². The van der Waals surface area contributed by atoms with Crippen LogP contribution in [-0.4, -0.2) is 26.7 Å². The van der Waals surface area contributed by atoms with E-state index in [1.807, 2.05) is 0 Å². The fourth-order valence-corrected chi connectivity index (χ4v) is 3.92. The van der Waals surface area contributed by atoms with Crippen LogP contribution < -0.4 is 4.72 Å². The normalized spacial score (nSPS) is 11.1. The van der Waals surface area contributed by atoms with Crippen molar-refractivity contribution in [2.45, 2.75) is 23.1 Å². The number of hydrogen-bond acceptors (Lipinski definition) is 5. The highest BCUT2D eigenvalue weighted by molar-refractivity contribution is 7.99. The zero-order valence-corrected chi connectivity index (χ0v) is 15.2. The molecule has 0 radical (unpaired) electrons. The standard InChI is InChI=1S/C17H18FNO4S2/c1-13(20)23-11-4-12-24-15-9-7-14(8-10-15)19-25(21,22)17-6-3-2-5-16(17)18/h2-3,5-10,19H,4,11-12H2,1H3. The predicted molar refractivity (Wildman–Crippen MR) is 95.6 cm³/mol. The number of carbonyl (C=O) groups excluding carboxylic acids is 1. The number of halogens is 1. The summed E-state index contributed by atoms with van der Waals surface area (Å²) < 4.78 is 45.3. The molecule has 2 aromatic rings. The van der Waals surface area contributed by atoms with E-state index in [1.165, 1.54) is 25.1 Å². The fourth-order valence-electron chi connectivity index (χ4n) is 1.96. The van der Waals surface area contributed by atoms with Gasteiger partial charge in [-0.1, -0.05) is 12.1 Å². The van der Waals surface area contributed by atoms with Gasteiger partial charge in [0.2, 0.25) is 0 Å². The van der Waals surface area contributed by atoms with E-state index >= 15 is 0 Å². The molecule has 25 heavy (non-hydrogen) atoms. The van der Waals surface area contributed by atoms with Gasteiger partial charge in [0.1, 0.15) is 10.7 Å². The van der Waals surface area contributed by atoms with Crippen LogP contribution in [0.3, 0.4) is 0 Å². The maximum absolute atomic E-state index is 13.7. The van der Waals surface area contributed by atoms with Crippen molar-refractivity contribution in [2.75, 3.05) is 17.1 Å². The highest BCUT2D eigenvalue weighted by atomic mass is 32.2. The third kappa shape index (κ3) is 6.06. The van der Waals surface area contributed by atoms with Gasteiger partial charge in [-0.15, -0.1) is 11.8 Å². The summed E-state index contributed by atoms with van der Waals surface area (Å²) in [7, 11) is -3.97. The van der Waals surface area contributed by atoms with Gasteiger partial charge in [-0.2, -0.15) is 0 Å². The summed E-state index contributed by atoms with van der Waals surface area (Å²) >= 11 is 1.57. The molecule has 1 N–H and O–H groups in total. The molecule has 0 spiro atoms. The summed E-state index contributed by atoms with van der Waals surface area (Å²) in [5, 5.41) is 0. The van der Waals surface area contributed by atoms with Gasteiger partial charge in [0.25, 0.3) is 10.0 Å². The van der Waals surface area contributed by atoms with Gasteiger partial charge in [0.05, 0.1) is 6.61 Å². The third-order valence-corrected chi connectivity index (χ3v) is 5.61. The van der Waals surface area contributed by atoms with Crippen LogP contribution in [-0.2, 0) is 19.6 Å². The molecule has 0 amide bonds. The van der Waals surface area contributed by atoms with Crippen molar-refractivity contribution in [1.82, 2.24) is 0 Å². The van der Waals surface area contributed by atoms with E-state index in [0.717, 1.165) is 23.1 Å². The summed E-state index contributed by atoms with van der Waals surface area (Å²) in [6.45, 7) is 1.75. The van der Waals surface area contributed by atoms with Crippen molar-refractivity contribution in [1.29, 1.82) is 0 Å². The fraction of sp³-hybridized carbons (Fsp3) is 0.235. The van der Waals surface area contributed by atoms with Gasteiger partial charge >= 0.3 is 5.97 Å². The zero-order valence-electron chi connectivity index (χ0n) is 13.6. The lowest BCUT2D eigenvalue weighted by atomic mass is 10.3. The molecule has 0 saturated carbocycles. The second-order valence-corrected chi connectivity index (χ2v) is 7.92. The first kappa shape index (κ1) is 19.3. The topological polar surface area (TPSA) is 72.5 Å². The Kier molecular flexibility index (Phi) is 6.83. The van der Waals surface area contributed by atoms with Crippen molar-refractivity contribution in [3.05, 3.63) is 54.3 Å². The molecule has 2 aromatic carbocycles. The van der Waals surface area contributed by atoms with Crippen molar-refractivity contribution in [2.24, 2.45) is 0 Å². The molecule has 0 aliphatic heterocycles. The number of thioether (sulfide) groups is 1. The van der Waals surface area contributed by atoms with Gasteiger partial charge in [-0.25, -0.2) is 12.8 Å². The molecule has 0 bridgehead atoms. The second-order valence-electron chi connectivity index (χ2n) is 5.10. The van der Waals surface area contributed by atoms with Gasteiger partial charge in [-0.3, -0.25) is 9.52 Å². The number of anilines is 1. The molecular formula is C17H18FNO4S2. The largest absolute Gasteiger partial charge is 0.466 e. The highest BCUT2D eigenvalue weighted by Gasteiger charge is 2.18. The van der Waals surface area contributed by atoms with Crippen molar-refractivity contribution < 1.29 is 22.3 Å². The second kappa shape index (κ2) is 8.87. The summed E-state index contributed by atoms with van der Waals surface area (Å²) in [4.78, 5) is 11.2. The molecule has 0 fully saturated rings. The number of hydrogen-bond donors (Lipinski definition) is 1. The Morgan fingerprint density at radius 1 is 1.16 bits per heavy atom. The molecule has 0 unspecified atom stereocenters. The molecule has 134 valence electrons. The lowest BCUT2D eigenvalue weighted by molar-refractivity contribution is -0.140. The Balaban J connectivity index is 1.92. The molecule has 0 heterocycles. The van der Waals surface area contributed by atoms with E-state index in [9.17, 15) is 17.6 Å². The Hall–Kier alpha value is -2.06. The molecule has 8 heteroatoms. The Morgan fingerprint density at radius 3 is 2.48 bits per heavy atom. The minimum atomic E-state index is -3.97. The number of carbonyl (C=O) groups is 1. The minimum Gasteiger partial charge on any atom is -0.466 e. The predicted octanol–water partition coefficient (Wildman–Crippen LogP) is 3.67. The summed E-state index contributed by atoms with van der Waals surface area (Å²) in [6.07, 6.45) is 0.728. The maximum atomic E-state index is 13.7. The monoisotopic (exact) mass is 383 g/mol. The first-order chi connectivity index (χ1) is 11.9. The quantitative estimate of drug-likeness (QED) is 0.428. The van der Waals surface area contributed by atoms with Crippen LogP contribution in [0.2, 0.25) is 0 Å². The van der Waals surface area contributed by atoms with E-state index in [4.69, 9.17) is 4.74 Å². The average Bonchev–Trinajstić information content (AvgIpc) is 2.56.